The summed E-state index contributed by atoms with van der Waals surface area (Å²) in [6.07, 6.45) is 3.28. The van der Waals surface area contributed by atoms with E-state index in [1.54, 1.807) is 36.7 Å². The van der Waals surface area contributed by atoms with Crippen LogP contribution >= 0.6 is 0 Å². The van der Waals surface area contributed by atoms with Crippen LogP contribution < -0.4 is 4.74 Å². The lowest BCUT2D eigenvalue weighted by Gasteiger charge is -2.27. The smallest absolute Gasteiger partial charge is 0.290 e. The van der Waals surface area contributed by atoms with Gasteiger partial charge in [0, 0.05) is 24.3 Å². The first kappa shape index (κ1) is 23.4. The summed E-state index contributed by atoms with van der Waals surface area (Å²) in [6, 6.07) is 19.0. The van der Waals surface area contributed by atoms with E-state index in [1.807, 2.05) is 42.5 Å². The fourth-order valence-corrected chi connectivity index (χ4v) is 4.34. The maximum Gasteiger partial charge on any atom is 0.290 e. The summed E-state index contributed by atoms with van der Waals surface area (Å²) in [7, 11) is 0. The second kappa shape index (κ2) is 9.70. The lowest BCUT2D eigenvalue weighted by atomic mass is 9.94. The first-order valence-electron chi connectivity index (χ1n) is 11.8. The molecular formula is C29H26N2O5. The number of carbonyl (C=O) groups excluding carboxylic acids is 2. The standard InChI is InChI=1S/C29H26N2O5/c1-18(2)17-35-22-8-5-7-21(14-22)26-25(27(32)24-15-20-6-3-4-9-23(20)36-24)28(33)29(34)31(26)16-19-10-12-30-13-11-19/h3-15,18,26,33H,16-17H2,1-2H3. The number of carbonyl (C=O) groups is 2. The summed E-state index contributed by atoms with van der Waals surface area (Å²) < 4.78 is 11.7. The van der Waals surface area contributed by atoms with E-state index >= 15 is 0 Å². The van der Waals surface area contributed by atoms with Crippen molar-refractivity contribution in [2.45, 2.75) is 26.4 Å². The minimum absolute atomic E-state index is 0.0193. The van der Waals surface area contributed by atoms with Crippen LogP contribution in [0.25, 0.3) is 11.0 Å². The quantitative estimate of drug-likeness (QED) is 0.327. The molecule has 182 valence electrons. The minimum atomic E-state index is -0.825. The highest BCUT2D eigenvalue weighted by atomic mass is 16.5. The first-order valence-corrected chi connectivity index (χ1v) is 11.8. The number of hydrogen-bond acceptors (Lipinski definition) is 6. The molecule has 0 saturated carbocycles. The van der Waals surface area contributed by atoms with Crippen LogP contribution in [-0.2, 0) is 11.3 Å². The Morgan fingerprint density at radius 2 is 1.86 bits per heavy atom. The van der Waals surface area contributed by atoms with Gasteiger partial charge >= 0.3 is 0 Å². The Bertz CT molecular complexity index is 1420. The number of aromatic nitrogens is 1. The van der Waals surface area contributed by atoms with Crippen LogP contribution in [0.1, 0.15) is 41.6 Å². The number of Topliss-reactive ketones (excluding diaryl/α,β-unsaturated/α-hetero) is 1. The van der Waals surface area contributed by atoms with Gasteiger partial charge in [0.25, 0.3) is 5.91 Å². The van der Waals surface area contributed by atoms with Gasteiger partial charge in [-0.15, -0.1) is 0 Å². The van der Waals surface area contributed by atoms with Crippen molar-refractivity contribution in [1.29, 1.82) is 0 Å². The van der Waals surface area contributed by atoms with E-state index in [0.717, 1.165) is 10.9 Å². The van der Waals surface area contributed by atoms with E-state index in [-0.39, 0.29) is 17.9 Å². The van der Waals surface area contributed by atoms with Gasteiger partial charge < -0.3 is 19.2 Å². The number of rotatable bonds is 8. The normalized spacial score (nSPS) is 15.8. The molecule has 2 aromatic heterocycles. The molecule has 4 aromatic rings. The Morgan fingerprint density at radius 3 is 2.61 bits per heavy atom. The molecule has 1 unspecified atom stereocenters. The Kier molecular flexibility index (Phi) is 6.29. The van der Waals surface area contributed by atoms with Crippen molar-refractivity contribution >= 4 is 22.7 Å². The fraction of sp³-hybridized carbons (Fsp3) is 0.207. The lowest BCUT2D eigenvalue weighted by Crippen LogP contribution is -2.30. The Balaban J connectivity index is 1.58. The zero-order chi connectivity index (χ0) is 25.2. The SMILES string of the molecule is CC(C)COc1cccc(C2C(C(=O)c3cc4ccccc4o3)=C(O)C(=O)N2Cc2ccncc2)c1. The third-order valence-corrected chi connectivity index (χ3v) is 6.06. The predicted molar refractivity (Wildman–Crippen MR) is 135 cm³/mol. The number of hydrogen-bond donors (Lipinski definition) is 1. The van der Waals surface area contributed by atoms with E-state index < -0.39 is 23.5 Å². The number of ether oxygens (including phenoxy) is 1. The van der Waals surface area contributed by atoms with Crippen LogP contribution in [0.2, 0.25) is 0 Å². The van der Waals surface area contributed by atoms with Crippen LogP contribution in [-0.4, -0.2) is 33.3 Å². The van der Waals surface area contributed by atoms with Gasteiger partial charge in [-0.1, -0.05) is 44.2 Å². The number of aliphatic hydroxyl groups is 1. The number of furan rings is 1. The minimum Gasteiger partial charge on any atom is -0.503 e. The number of aliphatic hydroxyl groups excluding tert-OH is 1. The van der Waals surface area contributed by atoms with Gasteiger partial charge in [0.05, 0.1) is 18.2 Å². The van der Waals surface area contributed by atoms with Gasteiger partial charge in [0.2, 0.25) is 5.78 Å². The summed E-state index contributed by atoms with van der Waals surface area (Å²) in [6.45, 7) is 4.82. The monoisotopic (exact) mass is 482 g/mol. The van der Waals surface area contributed by atoms with Gasteiger partial charge in [0.15, 0.2) is 11.5 Å². The van der Waals surface area contributed by atoms with Crippen LogP contribution in [0.15, 0.2) is 94.9 Å². The third kappa shape index (κ3) is 4.47. The molecule has 0 saturated heterocycles. The highest BCUT2D eigenvalue weighted by Crippen LogP contribution is 2.41. The van der Waals surface area contributed by atoms with Crippen molar-refractivity contribution in [2.24, 2.45) is 5.92 Å². The van der Waals surface area contributed by atoms with Gasteiger partial charge in [-0.3, -0.25) is 14.6 Å². The van der Waals surface area contributed by atoms with Gasteiger partial charge in [-0.05, 0) is 53.4 Å². The topological polar surface area (TPSA) is 92.9 Å². The number of para-hydroxylation sites is 1. The molecule has 5 rings (SSSR count). The molecular weight excluding hydrogens is 456 g/mol. The Labute approximate surface area is 208 Å². The van der Waals surface area contributed by atoms with Crippen molar-refractivity contribution in [3.8, 4) is 5.75 Å². The number of fused-ring (bicyclic) bond motifs is 1. The zero-order valence-corrected chi connectivity index (χ0v) is 20.0. The van der Waals surface area contributed by atoms with Crippen LogP contribution in [0.4, 0.5) is 0 Å². The molecule has 0 bridgehead atoms. The molecule has 0 fully saturated rings. The third-order valence-electron chi connectivity index (χ3n) is 6.06. The highest BCUT2D eigenvalue weighted by molar-refractivity contribution is 6.16. The Morgan fingerprint density at radius 1 is 1.08 bits per heavy atom. The molecule has 1 aliphatic rings. The van der Waals surface area contributed by atoms with Gasteiger partial charge in [0.1, 0.15) is 11.3 Å². The number of nitrogens with zero attached hydrogens (tertiary/aromatic N) is 2. The maximum atomic E-state index is 13.7. The molecule has 1 atom stereocenters. The largest absolute Gasteiger partial charge is 0.503 e. The number of benzene rings is 2. The first-order chi connectivity index (χ1) is 17.4. The maximum absolute atomic E-state index is 13.7. The van der Waals surface area contributed by atoms with E-state index in [0.29, 0.717) is 29.4 Å². The number of ketones is 1. The summed E-state index contributed by atoms with van der Waals surface area (Å²) in [5, 5.41) is 11.7. The van der Waals surface area contributed by atoms with Crippen LogP contribution in [0.5, 0.6) is 5.75 Å². The Hall–Kier alpha value is -4.39. The predicted octanol–water partition coefficient (Wildman–Crippen LogP) is 5.64. The molecule has 1 amide bonds. The molecule has 0 radical (unpaired) electrons. The molecule has 2 aromatic carbocycles. The summed E-state index contributed by atoms with van der Waals surface area (Å²) >= 11 is 0. The second-order valence-electron chi connectivity index (χ2n) is 9.21. The summed E-state index contributed by atoms with van der Waals surface area (Å²) in [5.41, 5.74) is 2.01. The van der Waals surface area contributed by atoms with Crippen molar-refractivity contribution in [3.63, 3.8) is 0 Å². The van der Waals surface area contributed by atoms with Crippen molar-refractivity contribution in [2.75, 3.05) is 6.61 Å². The van der Waals surface area contributed by atoms with E-state index in [9.17, 15) is 14.7 Å². The van der Waals surface area contributed by atoms with E-state index in [2.05, 4.69) is 18.8 Å². The molecule has 7 nitrogen and oxygen atoms in total. The summed E-state index contributed by atoms with van der Waals surface area (Å²) in [4.78, 5) is 32.5. The molecule has 0 aliphatic carbocycles. The molecule has 7 heteroatoms. The highest BCUT2D eigenvalue weighted by Gasteiger charge is 2.44. The van der Waals surface area contributed by atoms with Crippen molar-refractivity contribution in [1.82, 2.24) is 9.88 Å². The average molecular weight is 483 g/mol. The average Bonchev–Trinajstić information content (AvgIpc) is 3.43. The molecule has 1 aliphatic heterocycles. The molecule has 1 N–H and O–H groups in total. The van der Waals surface area contributed by atoms with E-state index in [4.69, 9.17) is 9.15 Å². The fourth-order valence-electron chi connectivity index (χ4n) is 4.34. The van der Waals surface area contributed by atoms with Gasteiger partial charge in [-0.2, -0.15) is 0 Å². The number of amides is 1. The molecule has 3 heterocycles. The summed E-state index contributed by atoms with van der Waals surface area (Å²) in [5.74, 6) is -0.711. The second-order valence-corrected chi connectivity index (χ2v) is 9.21. The zero-order valence-electron chi connectivity index (χ0n) is 20.0. The van der Waals surface area contributed by atoms with Gasteiger partial charge in [-0.25, -0.2) is 0 Å². The molecule has 36 heavy (non-hydrogen) atoms. The number of pyridine rings is 1. The van der Waals surface area contributed by atoms with Crippen molar-refractivity contribution in [3.05, 3.63) is 107 Å². The van der Waals surface area contributed by atoms with Crippen LogP contribution in [0, 0.1) is 5.92 Å². The van der Waals surface area contributed by atoms with Crippen LogP contribution in [0.3, 0.4) is 0 Å². The van der Waals surface area contributed by atoms with Crippen molar-refractivity contribution < 1.29 is 23.8 Å². The van der Waals surface area contributed by atoms with E-state index in [1.165, 1.54) is 4.90 Å². The lowest BCUT2D eigenvalue weighted by molar-refractivity contribution is -0.130. The molecule has 0 spiro atoms.